The van der Waals surface area contributed by atoms with Crippen LogP contribution in [0.4, 0.5) is 10.5 Å². The fourth-order valence-electron chi connectivity index (χ4n) is 3.31. The van der Waals surface area contributed by atoms with Gasteiger partial charge in [-0.05, 0) is 31.0 Å². The summed E-state index contributed by atoms with van der Waals surface area (Å²) in [7, 11) is 1.64. The Hall–Kier alpha value is -3.06. The van der Waals surface area contributed by atoms with E-state index in [2.05, 4.69) is 20.9 Å². The smallest absolute Gasteiger partial charge is 0.319 e. The van der Waals surface area contributed by atoms with Gasteiger partial charge in [0.15, 0.2) is 0 Å². The van der Waals surface area contributed by atoms with Crippen molar-refractivity contribution in [3.8, 4) is 5.75 Å². The number of likely N-dealkylation sites (N-methyl/N-ethyl adjacent to an activating group) is 1. The fourth-order valence-corrected chi connectivity index (χ4v) is 3.31. The maximum atomic E-state index is 12.5. The first kappa shape index (κ1) is 20.7. The molecule has 154 valence electrons. The van der Waals surface area contributed by atoms with Gasteiger partial charge in [0.05, 0.1) is 6.54 Å². The molecule has 1 heterocycles. The van der Waals surface area contributed by atoms with Gasteiger partial charge in [0.25, 0.3) is 0 Å². The number of benzene rings is 2. The number of piperidine rings is 1. The van der Waals surface area contributed by atoms with Crippen molar-refractivity contribution in [3.05, 3.63) is 60.2 Å². The highest BCUT2D eigenvalue weighted by atomic mass is 16.5. The number of carbonyl (C=O) groups excluding carboxylic acids is 2. The lowest BCUT2D eigenvalue weighted by Crippen LogP contribution is -2.48. The van der Waals surface area contributed by atoms with Crippen LogP contribution in [0.2, 0.25) is 0 Å². The molecule has 0 unspecified atom stereocenters. The van der Waals surface area contributed by atoms with Gasteiger partial charge in [0.2, 0.25) is 5.91 Å². The lowest BCUT2D eigenvalue weighted by molar-refractivity contribution is -0.122. The van der Waals surface area contributed by atoms with E-state index < -0.39 is 0 Å². The van der Waals surface area contributed by atoms with E-state index in [1.165, 1.54) is 0 Å². The van der Waals surface area contributed by atoms with Crippen molar-refractivity contribution in [2.75, 3.05) is 32.0 Å². The van der Waals surface area contributed by atoms with Crippen molar-refractivity contribution < 1.29 is 14.3 Å². The van der Waals surface area contributed by atoms with E-state index in [1.807, 2.05) is 54.6 Å². The van der Waals surface area contributed by atoms with E-state index >= 15 is 0 Å². The summed E-state index contributed by atoms with van der Waals surface area (Å²) in [6.07, 6.45) is 1.65. The molecule has 0 saturated carbocycles. The van der Waals surface area contributed by atoms with Crippen LogP contribution in [0.3, 0.4) is 0 Å². The third kappa shape index (κ3) is 6.50. The number of urea groups is 1. The maximum absolute atomic E-state index is 12.5. The number of para-hydroxylation sites is 2. The van der Waals surface area contributed by atoms with Gasteiger partial charge < -0.3 is 20.7 Å². The molecule has 0 atom stereocenters. The number of anilines is 1. The lowest BCUT2D eigenvalue weighted by Gasteiger charge is -2.31. The number of nitrogens with one attached hydrogen (secondary N) is 3. The van der Waals surface area contributed by atoms with Crippen LogP contribution in [0.15, 0.2) is 54.6 Å². The summed E-state index contributed by atoms with van der Waals surface area (Å²) >= 11 is 0. The Bertz CT molecular complexity index is 805. The molecule has 2 aromatic carbocycles. The number of carbonyl (C=O) groups is 2. The number of hydrogen-bond donors (Lipinski definition) is 3. The normalized spacial score (nSPS) is 14.8. The highest BCUT2D eigenvalue weighted by Crippen LogP contribution is 2.19. The van der Waals surface area contributed by atoms with Crippen LogP contribution in [-0.2, 0) is 11.4 Å². The zero-order valence-corrected chi connectivity index (χ0v) is 16.7. The molecule has 7 nitrogen and oxygen atoms in total. The molecule has 0 aliphatic carbocycles. The predicted octanol–water partition coefficient (Wildman–Crippen LogP) is 2.60. The van der Waals surface area contributed by atoms with Crippen LogP contribution in [0.1, 0.15) is 18.4 Å². The van der Waals surface area contributed by atoms with E-state index in [0.717, 1.165) is 42.9 Å². The molecular formula is C22H28N4O3. The Labute approximate surface area is 171 Å². The van der Waals surface area contributed by atoms with E-state index in [1.54, 1.807) is 7.05 Å². The minimum Gasteiger partial charge on any atom is -0.489 e. The van der Waals surface area contributed by atoms with Gasteiger partial charge in [-0.2, -0.15) is 0 Å². The van der Waals surface area contributed by atoms with Gasteiger partial charge in [-0.25, -0.2) is 4.79 Å². The molecule has 0 aromatic heterocycles. The molecule has 0 bridgehead atoms. The second-order valence-electron chi connectivity index (χ2n) is 7.08. The zero-order valence-electron chi connectivity index (χ0n) is 16.7. The molecule has 1 saturated heterocycles. The highest BCUT2D eigenvalue weighted by molar-refractivity contribution is 5.90. The molecule has 2 aromatic rings. The van der Waals surface area contributed by atoms with E-state index in [9.17, 15) is 9.59 Å². The minimum absolute atomic E-state index is 0.0171. The van der Waals surface area contributed by atoms with E-state index in [-0.39, 0.29) is 18.0 Å². The first-order chi connectivity index (χ1) is 14.1. The van der Waals surface area contributed by atoms with Crippen LogP contribution in [0, 0.1) is 0 Å². The second-order valence-corrected chi connectivity index (χ2v) is 7.08. The zero-order chi connectivity index (χ0) is 20.5. The van der Waals surface area contributed by atoms with Crippen molar-refractivity contribution in [1.82, 2.24) is 15.5 Å². The molecule has 3 rings (SSSR count). The first-order valence-corrected chi connectivity index (χ1v) is 9.90. The van der Waals surface area contributed by atoms with Crippen molar-refractivity contribution in [2.45, 2.75) is 25.5 Å². The molecule has 3 N–H and O–H groups in total. The number of amides is 3. The third-order valence-corrected chi connectivity index (χ3v) is 4.97. The standard InChI is InChI=1S/C22H28N4O3/c1-23-21(27)15-26-13-11-18(12-14-26)24-22(28)25-20-10-6-5-7-17(20)16-29-19-8-3-2-4-9-19/h2-10,18H,11-16H2,1H3,(H,23,27)(H2,24,25,28). The van der Waals surface area contributed by atoms with Gasteiger partial charge in [0, 0.05) is 37.4 Å². The van der Waals surface area contributed by atoms with Crippen molar-refractivity contribution in [2.24, 2.45) is 0 Å². The van der Waals surface area contributed by atoms with Crippen molar-refractivity contribution >= 4 is 17.6 Å². The fraction of sp³-hybridized carbons (Fsp3) is 0.364. The SMILES string of the molecule is CNC(=O)CN1CCC(NC(=O)Nc2ccccc2COc2ccccc2)CC1. The molecule has 7 heteroatoms. The number of rotatable bonds is 7. The average Bonchev–Trinajstić information content (AvgIpc) is 2.75. The van der Waals surface area contributed by atoms with Gasteiger partial charge >= 0.3 is 6.03 Å². The lowest BCUT2D eigenvalue weighted by atomic mass is 10.1. The Kier molecular flexibility index (Phi) is 7.47. The van der Waals surface area contributed by atoms with Gasteiger partial charge in [0.1, 0.15) is 12.4 Å². The van der Waals surface area contributed by atoms with Crippen LogP contribution >= 0.6 is 0 Å². The van der Waals surface area contributed by atoms with Gasteiger partial charge in [-0.1, -0.05) is 36.4 Å². The molecule has 3 amide bonds. The topological polar surface area (TPSA) is 82.7 Å². The molecule has 1 aliphatic heterocycles. The summed E-state index contributed by atoms with van der Waals surface area (Å²) in [5.74, 6) is 0.804. The molecule has 1 aliphatic rings. The summed E-state index contributed by atoms with van der Waals surface area (Å²) in [6.45, 7) is 2.36. The van der Waals surface area contributed by atoms with Gasteiger partial charge in [-0.3, -0.25) is 9.69 Å². The summed E-state index contributed by atoms with van der Waals surface area (Å²) < 4.78 is 5.81. The Morgan fingerprint density at radius 2 is 1.72 bits per heavy atom. The summed E-state index contributed by atoms with van der Waals surface area (Å²) in [5, 5.41) is 8.62. The number of ether oxygens (including phenoxy) is 1. The van der Waals surface area contributed by atoms with Crippen LogP contribution in [-0.4, -0.2) is 49.6 Å². The van der Waals surface area contributed by atoms with Crippen LogP contribution in [0.5, 0.6) is 5.75 Å². The average molecular weight is 396 g/mol. The summed E-state index contributed by atoms with van der Waals surface area (Å²) in [4.78, 5) is 26.0. The number of nitrogens with zero attached hydrogens (tertiary/aromatic N) is 1. The highest BCUT2D eigenvalue weighted by Gasteiger charge is 2.22. The van der Waals surface area contributed by atoms with E-state index in [0.29, 0.717) is 13.2 Å². The second kappa shape index (κ2) is 10.5. The molecule has 1 fully saturated rings. The monoisotopic (exact) mass is 396 g/mol. The van der Waals surface area contributed by atoms with Crippen LogP contribution in [0.25, 0.3) is 0 Å². The first-order valence-electron chi connectivity index (χ1n) is 9.90. The predicted molar refractivity (Wildman–Crippen MR) is 113 cm³/mol. The number of hydrogen-bond acceptors (Lipinski definition) is 4. The largest absolute Gasteiger partial charge is 0.489 e. The summed E-state index contributed by atoms with van der Waals surface area (Å²) in [6, 6.07) is 17.1. The molecule has 0 radical (unpaired) electrons. The minimum atomic E-state index is -0.220. The van der Waals surface area contributed by atoms with Crippen LogP contribution < -0.4 is 20.7 Å². The Morgan fingerprint density at radius 1 is 1.03 bits per heavy atom. The molecular weight excluding hydrogens is 368 g/mol. The van der Waals surface area contributed by atoms with Gasteiger partial charge in [-0.15, -0.1) is 0 Å². The third-order valence-electron chi connectivity index (χ3n) is 4.97. The van der Waals surface area contributed by atoms with Crippen molar-refractivity contribution in [3.63, 3.8) is 0 Å². The Balaban J connectivity index is 1.48. The maximum Gasteiger partial charge on any atom is 0.319 e. The van der Waals surface area contributed by atoms with E-state index in [4.69, 9.17) is 4.74 Å². The molecule has 29 heavy (non-hydrogen) atoms. The Morgan fingerprint density at radius 3 is 2.45 bits per heavy atom. The summed E-state index contributed by atoms with van der Waals surface area (Å²) in [5.41, 5.74) is 1.64. The van der Waals surface area contributed by atoms with Crippen molar-refractivity contribution in [1.29, 1.82) is 0 Å². The quantitative estimate of drug-likeness (QED) is 0.672. The number of likely N-dealkylation sites (tertiary alicyclic amines) is 1. The molecule has 0 spiro atoms.